The lowest BCUT2D eigenvalue weighted by molar-refractivity contribution is -0.143. The van der Waals surface area contributed by atoms with Crippen molar-refractivity contribution < 1.29 is 9.59 Å². The third kappa shape index (κ3) is 3.94. The summed E-state index contributed by atoms with van der Waals surface area (Å²) in [6, 6.07) is 8.30. The molecule has 130 valence electrons. The number of amides is 2. The molecule has 4 nitrogen and oxygen atoms in total. The zero-order chi connectivity index (χ0) is 17.1. The summed E-state index contributed by atoms with van der Waals surface area (Å²) in [5, 5.41) is 0.569. The SMILES string of the molecule is Cc1cccc(SC2CCN(C(=O)[C@@H](C)N3CCCC3=O)CC2)c1. The lowest BCUT2D eigenvalue weighted by atomic mass is 10.1. The average molecular weight is 346 g/mol. The maximum absolute atomic E-state index is 12.7. The molecule has 0 radical (unpaired) electrons. The molecule has 2 amide bonds. The van der Waals surface area contributed by atoms with Crippen molar-refractivity contribution in [3.63, 3.8) is 0 Å². The highest BCUT2D eigenvalue weighted by atomic mass is 32.2. The van der Waals surface area contributed by atoms with Crippen LogP contribution in [0.2, 0.25) is 0 Å². The van der Waals surface area contributed by atoms with E-state index in [9.17, 15) is 9.59 Å². The van der Waals surface area contributed by atoms with Crippen molar-refractivity contribution in [3.05, 3.63) is 29.8 Å². The van der Waals surface area contributed by atoms with Gasteiger partial charge in [-0.2, -0.15) is 0 Å². The summed E-state index contributed by atoms with van der Waals surface area (Å²) in [7, 11) is 0. The van der Waals surface area contributed by atoms with Crippen molar-refractivity contribution >= 4 is 23.6 Å². The molecule has 0 spiro atoms. The van der Waals surface area contributed by atoms with Crippen LogP contribution in [0.25, 0.3) is 0 Å². The van der Waals surface area contributed by atoms with Gasteiger partial charge >= 0.3 is 0 Å². The second-order valence-corrected chi connectivity index (χ2v) is 8.20. The van der Waals surface area contributed by atoms with E-state index >= 15 is 0 Å². The van der Waals surface area contributed by atoms with E-state index in [-0.39, 0.29) is 17.9 Å². The van der Waals surface area contributed by atoms with Crippen LogP contribution in [0.15, 0.2) is 29.2 Å². The van der Waals surface area contributed by atoms with Crippen LogP contribution in [-0.2, 0) is 9.59 Å². The van der Waals surface area contributed by atoms with Gasteiger partial charge in [-0.3, -0.25) is 9.59 Å². The summed E-state index contributed by atoms with van der Waals surface area (Å²) in [5.74, 6) is 0.241. The van der Waals surface area contributed by atoms with Crippen molar-refractivity contribution in [2.24, 2.45) is 0 Å². The van der Waals surface area contributed by atoms with Crippen LogP contribution in [0.1, 0.15) is 38.2 Å². The van der Waals surface area contributed by atoms with E-state index in [1.54, 1.807) is 4.90 Å². The number of likely N-dealkylation sites (tertiary alicyclic amines) is 2. The van der Waals surface area contributed by atoms with Gasteiger partial charge in [0, 0.05) is 36.2 Å². The molecule has 24 heavy (non-hydrogen) atoms. The van der Waals surface area contributed by atoms with E-state index in [1.807, 2.05) is 23.6 Å². The quantitative estimate of drug-likeness (QED) is 0.841. The van der Waals surface area contributed by atoms with Crippen molar-refractivity contribution in [1.29, 1.82) is 0 Å². The molecule has 0 unspecified atom stereocenters. The summed E-state index contributed by atoms with van der Waals surface area (Å²) in [6.07, 6.45) is 3.51. The van der Waals surface area contributed by atoms with E-state index < -0.39 is 0 Å². The number of hydrogen-bond donors (Lipinski definition) is 0. The largest absolute Gasteiger partial charge is 0.341 e. The smallest absolute Gasteiger partial charge is 0.245 e. The molecule has 5 heteroatoms. The molecule has 1 aromatic carbocycles. The first-order valence-corrected chi connectivity index (χ1v) is 9.74. The molecule has 0 aliphatic carbocycles. The lowest BCUT2D eigenvalue weighted by Gasteiger charge is -2.35. The normalized spacial score (nSPS) is 20.5. The van der Waals surface area contributed by atoms with Gasteiger partial charge in [0.25, 0.3) is 0 Å². The maximum Gasteiger partial charge on any atom is 0.245 e. The minimum atomic E-state index is -0.305. The number of thioether (sulfide) groups is 1. The number of benzene rings is 1. The van der Waals surface area contributed by atoms with E-state index in [1.165, 1.54) is 10.5 Å². The Balaban J connectivity index is 1.51. The Morgan fingerprint density at radius 3 is 2.62 bits per heavy atom. The average Bonchev–Trinajstić information content (AvgIpc) is 3.00. The molecule has 2 saturated heterocycles. The number of aryl methyl sites for hydroxylation is 1. The Labute approximate surface area is 148 Å². The Morgan fingerprint density at radius 2 is 2.00 bits per heavy atom. The van der Waals surface area contributed by atoms with E-state index in [2.05, 4.69) is 31.2 Å². The van der Waals surface area contributed by atoms with Crippen LogP contribution in [0.5, 0.6) is 0 Å². The van der Waals surface area contributed by atoms with Crippen LogP contribution in [-0.4, -0.2) is 52.5 Å². The Hall–Kier alpha value is -1.49. The molecule has 0 aromatic heterocycles. The summed E-state index contributed by atoms with van der Waals surface area (Å²) < 4.78 is 0. The molecule has 1 atom stereocenters. The molecule has 1 aromatic rings. The zero-order valence-corrected chi connectivity index (χ0v) is 15.3. The van der Waals surface area contributed by atoms with E-state index in [4.69, 9.17) is 0 Å². The highest BCUT2D eigenvalue weighted by Gasteiger charge is 2.33. The Kier molecular flexibility index (Phi) is 5.49. The summed E-state index contributed by atoms with van der Waals surface area (Å²) in [4.78, 5) is 29.5. The van der Waals surface area contributed by atoms with Gasteiger partial charge in [-0.05, 0) is 45.2 Å². The van der Waals surface area contributed by atoms with Crippen molar-refractivity contribution in [2.75, 3.05) is 19.6 Å². The first-order valence-electron chi connectivity index (χ1n) is 8.86. The molecule has 2 aliphatic heterocycles. The van der Waals surface area contributed by atoms with Gasteiger partial charge in [0.2, 0.25) is 11.8 Å². The predicted octanol–water partition coefficient (Wildman–Crippen LogP) is 3.09. The standard InChI is InChI=1S/C19H26N2O2S/c1-14-5-3-6-17(13-14)24-16-8-11-20(12-9-16)19(23)15(2)21-10-4-7-18(21)22/h3,5-6,13,15-16H,4,7-12H2,1-2H3/t15-/m1/s1. The highest BCUT2D eigenvalue weighted by molar-refractivity contribution is 8.00. The van der Waals surface area contributed by atoms with Crippen LogP contribution in [0, 0.1) is 6.92 Å². The molecule has 2 aliphatic rings. The van der Waals surface area contributed by atoms with Crippen LogP contribution in [0.3, 0.4) is 0 Å². The lowest BCUT2D eigenvalue weighted by Crippen LogP contribution is -2.50. The number of nitrogens with zero attached hydrogens (tertiary/aromatic N) is 2. The van der Waals surface area contributed by atoms with E-state index in [0.717, 1.165) is 38.9 Å². The number of carbonyl (C=O) groups is 2. The van der Waals surface area contributed by atoms with Gasteiger partial charge < -0.3 is 9.80 Å². The van der Waals surface area contributed by atoms with Crippen LogP contribution >= 0.6 is 11.8 Å². The van der Waals surface area contributed by atoms with Crippen molar-refractivity contribution in [2.45, 2.75) is 55.7 Å². The van der Waals surface area contributed by atoms with Crippen LogP contribution in [0.4, 0.5) is 0 Å². The number of piperidine rings is 1. The van der Waals surface area contributed by atoms with Gasteiger partial charge in [0.1, 0.15) is 6.04 Å². The highest BCUT2D eigenvalue weighted by Crippen LogP contribution is 2.31. The molecule has 2 fully saturated rings. The second kappa shape index (κ2) is 7.60. The maximum atomic E-state index is 12.7. The fourth-order valence-electron chi connectivity index (χ4n) is 3.55. The topological polar surface area (TPSA) is 40.6 Å². The molecular weight excluding hydrogens is 320 g/mol. The minimum Gasteiger partial charge on any atom is -0.341 e. The fraction of sp³-hybridized carbons (Fsp3) is 0.579. The number of carbonyl (C=O) groups excluding carboxylic acids is 2. The van der Waals surface area contributed by atoms with Gasteiger partial charge in [-0.25, -0.2) is 0 Å². The third-order valence-electron chi connectivity index (χ3n) is 4.98. The zero-order valence-electron chi connectivity index (χ0n) is 14.5. The van der Waals surface area contributed by atoms with Crippen LogP contribution < -0.4 is 0 Å². The molecule has 0 saturated carbocycles. The Morgan fingerprint density at radius 1 is 1.25 bits per heavy atom. The summed E-state index contributed by atoms with van der Waals surface area (Å²) >= 11 is 1.92. The fourth-order valence-corrected chi connectivity index (χ4v) is 4.79. The van der Waals surface area contributed by atoms with Gasteiger partial charge in [0.05, 0.1) is 0 Å². The van der Waals surface area contributed by atoms with Gasteiger partial charge in [-0.15, -0.1) is 11.8 Å². The summed E-state index contributed by atoms with van der Waals surface area (Å²) in [5.41, 5.74) is 1.29. The Bertz CT molecular complexity index is 611. The number of hydrogen-bond acceptors (Lipinski definition) is 3. The third-order valence-corrected chi connectivity index (χ3v) is 6.31. The summed E-state index contributed by atoms with van der Waals surface area (Å²) in [6.45, 7) is 6.32. The first-order chi connectivity index (χ1) is 11.5. The number of rotatable bonds is 4. The molecular formula is C19H26N2O2S. The monoisotopic (exact) mass is 346 g/mol. The molecule has 0 bridgehead atoms. The second-order valence-electron chi connectivity index (χ2n) is 6.83. The van der Waals surface area contributed by atoms with Crippen molar-refractivity contribution in [1.82, 2.24) is 9.80 Å². The van der Waals surface area contributed by atoms with E-state index in [0.29, 0.717) is 11.7 Å². The minimum absolute atomic E-state index is 0.115. The molecule has 0 N–H and O–H groups in total. The van der Waals surface area contributed by atoms with Gasteiger partial charge in [0.15, 0.2) is 0 Å². The first kappa shape index (κ1) is 17.3. The predicted molar refractivity (Wildman–Crippen MR) is 97.0 cm³/mol. The molecule has 2 heterocycles. The molecule has 3 rings (SSSR count). The van der Waals surface area contributed by atoms with Gasteiger partial charge in [-0.1, -0.05) is 17.7 Å². The van der Waals surface area contributed by atoms with Crippen molar-refractivity contribution in [3.8, 4) is 0 Å².